The summed E-state index contributed by atoms with van der Waals surface area (Å²) in [6.45, 7) is 2.19. The largest absolute Gasteiger partial charge is 0.534 e. The second-order valence-corrected chi connectivity index (χ2v) is 7.30. The maximum atomic E-state index is 12.7. The molecule has 0 radical (unpaired) electrons. The Labute approximate surface area is 153 Å². The van der Waals surface area contributed by atoms with Gasteiger partial charge in [-0.05, 0) is 31.2 Å². The number of amides is 1. The van der Waals surface area contributed by atoms with Gasteiger partial charge in [0.2, 0.25) is 0 Å². The SMILES string of the molecule is CCN1c2ccccc2C(=O)N(C)c2ccc(OS(=O)(=O)C(F)(F)F)cc21. The van der Waals surface area contributed by atoms with Crippen molar-refractivity contribution in [2.75, 3.05) is 23.4 Å². The van der Waals surface area contributed by atoms with Gasteiger partial charge in [-0.3, -0.25) is 4.79 Å². The highest BCUT2D eigenvalue weighted by Crippen LogP contribution is 2.42. The van der Waals surface area contributed by atoms with Gasteiger partial charge in [0.15, 0.2) is 0 Å². The number of halogens is 3. The summed E-state index contributed by atoms with van der Waals surface area (Å²) in [4.78, 5) is 15.8. The number of fused-ring (bicyclic) bond motifs is 2. The maximum Gasteiger partial charge on any atom is 0.534 e. The maximum absolute atomic E-state index is 12.7. The highest BCUT2D eigenvalue weighted by molar-refractivity contribution is 7.88. The van der Waals surface area contributed by atoms with Gasteiger partial charge in [0.05, 0.1) is 22.6 Å². The molecule has 3 rings (SSSR count). The van der Waals surface area contributed by atoms with Crippen LogP contribution in [0.15, 0.2) is 42.5 Å². The third kappa shape index (κ3) is 3.20. The fourth-order valence-corrected chi connectivity index (χ4v) is 3.33. The van der Waals surface area contributed by atoms with Gasteiger partial charge in [-0.25, -0.2) is 0 Å². The molecule has 2 aromatic rings. The third-order valence-electron chi connectivity index (χ3n) is 4.13. The van der Waals surface area contributed by atoms with E-state index in [2.05, 4.69) is 4.18 Å². The normalized spacial score (nSPS) is 14.5. The fraction of sp³-hybridized carbons (Fsp3) is 0.235. The second-order valence-electron chi connectivity index (χ2n) is 5.76. The van der Waals surface area contributed by atoms with Gasteiger partial charge in [0.1, 0.15) is 5.75 Å². The van der Waals surface area contributed by atoms with Crippen LogP contribution in [0.4, 0.5) is 30.2 Å². The van der Waals surface area contributed by atoms with Crippen LogP contribution in [-0.4, -0.2) is 33.4 Å². The van der Waals surface area contributed by atoms with E-state index >= 15 is 0 Å². The van der Waals surface area contributed by atoms with E-state index in [4.69, 9.17) is 0 Å². The van der Waals surface area contributed by atoms with Gasteiger partial charge >= 0.3 is 15.6 Å². The van der Waals surface area contributed by atoms with E-state index in [1.807, 2.05) is 0 Å². The number of carbonyl (C=O) groups is 1. The van der Waals surface area contributed by atoms with Crippen LogP contribution in [0.2, 0.25) is 0 Å². The average Bonchev–Trinajstić information content (AvgIpc) is 2.68. The molecule has 2 aromatic carbocycles. The fourth-order valence-electron chi connectivity index (χ4n) is 2.88. The first-order valence-corrected chi connectivity index (χ1v) is 9.27. The molecule has 6 nitrogen and oxygen atoms in total. The Hall–Kier alpha value is -2.75. The number of alkyl halides is 3. The molecule has 0 unspecified atom stereocenters. The summed E-state index contributed by atoms with van der Waals surface area (Å²) in [6.07, 6.45) is 0. The van der Waals surface area contributed by atoms with Crippen LogP contribution in [0.1, 0.15) is 17.3 Å². The highest BCUT2D eigenvalue weighted by atomic mass is 32.2. The predicted octanol–water partition coefficient (Wildman–Crippen LogP) is 3.66. The Morgan fingerprint density at radius 3 is 2.33 bits per heavy atom. The lowest BCUT2D eigenvalue weighted by Gasteiger charge is -2.25. The Kier molecular flexibility index (Phi) is 4.54. The number of benzene rings is 2. The van der Waals surface area contributed by atoms with E-state index in [0.29, 0.717) is 29.2 Å². The molecule has 0 bridgehead atoms. The first kappa shape index (κ1) is 19.0. The van der Waals surface area contributed by atoms with Crippen LogP contribution in [0, 0.1) is 0 Å². The van der Waals surface area contributed by atoms with Gasteiger partial charge in [-0.15, -0.1) is 0 Å². The zero-order valence-corrected chi connectivity index (χ0v) is 15.1. The van der Waals surface area contributed by atoms with Crippen molar-refractivity contribution in [1.82, 2.24) is 0 Å². The molecule has 0 aromatic heterocycles. The summed E-state index contributed by atoms with van der Waals surface area (Å²) >= 11 is 0. The van der Waals surface area contributed by atoms with Crippen molar-refractivity contribution in [2.24, 2.45) is 0 Å². The van der Waals surface area contributed by atoms with Crippen LogP contribution in [0.5, 0.6) is 5.75 Å². The first-order chi connectivity index (χ1) is 12.6. The molecule has 0 saturated carbocycles. The molecule has 1 heterocycles. The number of carbonyl (C=O) groups excluding carboxylic acids is 1. The van der Waals surface area contributed by atoms with Crippen LogP contribution >= 0.6 is 0 Å². The Morgan fingerprint density at radius 2 is 1.70 bits per heavy atom. The lowest BCUT2D eigenvalue weighted by Crippen LogP contribution is -2.28. The molecule has 1 aliphatic heterocycles. The minimum atomic E-state index is -5.79. The van der Waals surface area contributed by atoms with E-state index in [9.17, 15) is 26.4 Å². The quantitative estimate of drug-likeness (QED) is 0.581. The molecule has 1 amide bonds. The van der Waals surface area contributed by atoms with Gasteiger partial charge in [-0.2, -0.15) is 21.6 Å². The molecule has 1 aliphatic rings. The van der Waals surface area contributed by atoms with Crippen molar-refractivity contribution in [2.45, 2.75) is 12.4 Å². The van der Waals surface area contributed by atoms with Gasteiger partial charge in [-0.1, -0.05) is 12.1 Å². The van der Waals surface area contributed by atoms with Crippen molar-refractivity contribution in [3.63, 3.8) is 0 Å². The lowest BCUT2D eigenvalue weighted by atomic mass is 10.1. The number of anilines is 3. The summed E-state index contributed by atoms with van der Waals surface area (Å²) in [7, 11) is -4.26. The molecular formula is C17H15F3N2O4S. The molecule has 144 valence electrons. The van der Waals surface area contributed by atoms with Crippen LogP contribution in [-0.2, 0) is 10.1 Å². The van der Waals surface area contributed by atoms with Gasteiger partial charge in [0, 0.05) is 19.7 Å². The standard InChI is InChI=1S/C17H15F3N2O4S/c1-3-22-13-7-5-4-6-12(13)16(23)21(2)14-9-8-11(10-15(14)22)26-27(24,25)17(18,19)20/h4-10H,3H2,1-2H3. The Bertz CT molecular complexity index is 1010. The number of para-hydroxylation sites is 1. The molecule has 0 fully saturated rings. The summed E-state index contributed by atoms with van der Waals surface area (Å²) in [5, 5.41) is 0. The van der Waals surface area contributed by atoms with Crippen molar-refractivity contribution >= 4 is 33.1 Å². The first-order valence-electron chi connectivity index (χ1n) is 7.86. The van der Waals surface area contributed by atoms with E-state index in [-0.39, 0.29) is 5.91 Å². The summed E-state index contributed by atoms with van der Waals surface area (Å²) in [5.41, 5.74) is -3.79. The summed E-state index contributed by atoms with van der Waals surface area (Å²) in [6, 6.07) is 10.4. The Morgan fingerprint density at radius 1 is 1.04 bits per heavy atom. The minimum Gasteiger partial charge on any atom is -0.376 e. The van der Waals surface area contributed by atoms with Crippen LogP contribution in [0.3, 0.4) is 0 Å². The summed E-state index contributed by atoms with van der Waals surface area (Å²) in [5.74, 6) is -0.788. The molecule has 0 N–H and O–H groups in total. The van der Waals surface area contributed by atoms with Crippen LogP contribution < -0.4 is 14.0 Å². The predicted molar refractivity (Wildman–Crippen MR) is 93.9 cm³/mol. The van der Waals surface area contributed by atoms with E-state index < -0.39 is 21.4 Å². The van der Waals surface area contributed by atoms with Crippen molar-refractivity contribution < 1.29 is 30.6 Å². The number of nitrogens with zero attached hydrogens (tertiary/aromatic N) is 2. The number of hydrogen-bond donors (Lipinski definition) is 0. The smallest absolute Gasteiger partial charge is 0.376 e. The monoisotopic (exact) mass is 400 g/mol. The molecule has 0 saturated heterocycles. The highest BCUT2D eigenvalue weighted by Gasteiger charge is 2.48. The average molecular weight is 400 g/mol. The molecule has 27 heavy (non-hydrogen) atoms. The topological polar surface area (TPSA) is 66.9 Å². The lowest BCUT2D eigenvalue weighted by molar-refractivity contribution is -0.0500. The minimum absolute atomic E-state index is 0.292. The van der Waals surface area contributed by atoms with E-state index in [0.717, 1.165) is 6.07 Å². The molecular weight excluding hydrogens is 385 g/mol. The zero-order chi connectivity index (χ0) is 20.0. The summed E-state index contributed by atoms with van der Waals surface area (Å²) < 4.78 is 64.6. The molecule has 0 aliphatic carbocycles. The molecule has 0 atom stereocenters. The number of hydrogen-bond acceptors (Lipinski definition) is 5. The van der Waals surface area contributed by atoms with Gasteiger partial charge in [0.25, 0.3) is 5.91 Å². The van der Waals surface area contributed by atoms with Gasteiger partial charge < -0.3 is 14.0 Å². The van der Waals surface area contributed by atoms with E-state index in [1.165, 1.54) is 24.1 Å². The number of rotatable bonds is 3. The van der Waals surface area contributed by atoms with Crippen molar-refractivity contribution in [3.8, 4) is 5.75 Å². The van der Waals surface area contributed by atoms with Crippen molar-refractivity contribution in [3.05, 3.63) is 48.0 Å². The van der Waals surface area contributed by atoms with Crippen LogP contribution in [0.25, 0.3) is 0 Å². The third-order valence-corrected chi connectivity index (χ3v) is 5.11. The Balaban J connectivity index is 2.15. The second kappa shape index (κ2) is 6.45. The van der Waals surface area contributed by atoms with Crippen molar-refractivity contribution in [1.29, 1.82) is 0 Å². The zero-order valence-electron chi connectivity index (χ0n) is 14.3. The molecule has 0 spiro atoms. The molecule has 10 heteroatoms. The van der Waals surface area contributed by atoms with E-state index in [1.54, 1.807) is 36.1 Å².